The molecule has 28 heavy (non-hydrogen) atoms. The number of fused-ring (bicyclic) bond motifs is 2. The van der Waals surface area contributed by atoms with Crippen molar-refractivity contribution in [2.24, 2.45) is 16.4 Å². The van der Waals surface area contributed by atoms with Crippen LogP contribution in [0, 0.1) is 18.3 Å². The first-order valence-electron chi connectivity index (χ1n) is 9.84. The van der Waals surface area contributed by atoms with Crippen LogP contribution in [0.15, 0.2) is 34.7 Å². The fraction of sp³-hybridized carbons (Fsp3) is 0.391. The molecule has 0 spiro atoms. The van der Waals surface area contributed by atoms with Gasteiger partial charge < -0.3 is 4.98 Å². The summed E-state index contributed by atoms with van der Waals surface area (Å²) >= 11 is 1.72. The number of rotatable bonds is 3. The predicted octanol–water partition coefficient (Wildman–Crippen LogP) is 5.45. The van der Waals surface area contributed by atoms with Gasteiger partial charge in [0.1, 0.15) is 0 Å². The minimum absolute atomic E-state index is 0.111. The number of para-hydroxylation sites is 1. The van der Waals surface area contributed by atoms with Crippen LogP contribution in [0.3, 0.4) is 0 Å². The second-order valence-electron chi connectivity index (χ2n) is 8.77. The Morgan fingerprint density at radius 2 is 2.11 bits per heavy atom. The molecule has 2 heterocycles. The van der Waals surface area contributed by atoms with Gasteiger partial charge in [-0.25, -0.2) is 5.43 Å². The fourth-order valence-electron chi connectivity index (χ4n) is 4.12. The highest BCUT2D eigenvalue weighted by Gasteiger charge is 2.31. The van der Waals surface area contributed by atoms with E-state index in [0.29, 0.717) is 11.3 Å². The first-order chi connectivity index (χ1) is 13.3. The van der Waals surface area contributed by atoms with Crippen molar-refractivity contribution in [1.29, 1.82) is 0 Å². The second-order valence-corrected chi connectivity index (χ2v) is 9.73. The van der Waals surface area contributed by atoms with Crippen molar-refractivity contribution in [3.63, 3.8) is 0 Å². The number of carbonyl (C=O) groups is 1. The molecule has 146 valence electrons. The summed E-state index contributed by atoms with van der Waals surface area (Å²) in [5.41, 5.74) is 8.19. The SMILES string of the molecule is Cc1[nH]c2ccccc2c1/C=N/NC(=O)c1csc2c1CC[C@@H](C(C)(C)C)C2. The third-order valence-electron chi connectivity index (χ3n) is 5.93. The Kier molecular flexibility index (Phi) is 4.88. The second kappa shape index (κ2) is 7.21. The van der Waals surface area contributed by atoms with Gasteiger partial charge in [-0.05, 0) is 49.1 Å². The molecule has 1 aliphatic rings. The monoisotopic (exact) mass is 393 g/mol. The first kappa shape index (κ1) is 18.9. The Hall–Kier alpha value is -2.40. The molecule has 1 amide bonds. The van der Waals surface area contributed by atoms with Gasteiger partial charge in [0.25, 0.3) is 5.91 Å². The number of nitrogens with one attached hydrogen (secondary N) is 2. The number of hydrogen-bond acceptors (Lipinski definition) is 3. The van der Waals surface area contributed by atoms with Gasteiger partial charge in [-0.3, -0.25) is 4.79 Å². The molecule has 2 aromatic heterocycles. The van der Waals surface area contributed by atoms with Crippen molar-refractivity contribution < 1.29 is 4.79 Å². The van der Waals surface area contributed by atoms with Crippen LogP contribution in [0.2, 0.25) is 0 Å². The average molecular weight is 394 g/mol. The molecule has 1 aromatic carbocycles. The van der Waals surface area contributed by atoms with Crippen LogP contribution in [0.5, 0.6) is 0 Å². The largest absolute Gasteiger partial charge is 0.358 e. The lowest BCUT2D eigenvalue weighted by molar-refractivity contribution is 0.0954. The topological polar surface area (TPSA) is 57.2 Å². The zero-order chi connectivity index (χ0) is 19.9. The van der Waals surface area contributed by atoms with Crippen LogP contribution in [-0.2, 0) is 12.8 Å². The number of hydrogen-bond donors (Lipinski definition) is 2. The summed E-state index contributed by atoms with van der Waals surface area (Å²) in [6.45, 7) is 8.95. The molecule has 0 radical (unpaired) electrons. The molecular weight excluding hydrogens is 366 g/mol. The van der Waals surface area contributed by atoms with Crippen molar-refractivity contribution in [3.8, 4) is 0 Å². The van der Waals surface area contributed by atoms with Crippen molar-refractivity contribution in [2.75, 3.05) is 0 Å². The lowest BCUT2D eigenvalue weighted by Gasteiger charge is -2.33. The van der Waals surface area contributed by atoms with Gasteiger partial charge in [0, 0.05) is 32.4 Å². The number of aromatic nitrogens is 1. The molecule has 4 rings (SSSR count). The van der Waals surface area contributed by atoms with Gasteiger partial charge in [0.2, 0.25) is 0 Å². The molecule has 4 nitrogen and oxygen atoms in total. The number of H-pyrrole nitrogens is 1. The van der Waals surface area contributed by atoms with E-state index in [2.05, 4.69) is 42.3 Å². The number of benzene rings is 1. The number of carbonyl (C=O) groups excluding carboxylic acids is 1. The number of thiophene rings is 1. The third-order valence-corrected chi connectivity index (χ3v) is 6.98. The molecule has 0 fully saturated rings. The highest BCUT2D eigenvalue weighted by molar-refractivity contribution is 7.10. The summed E-state index contributed by atoms with van der Waals surface area (Å²) in [6, 6.07) is 8.11. The Morgan fingerprint density at radius 3 is 2.89 bits per heavy atom. The summed E-state index contributed by atoms with van der Waals surface area (Å²) in [4.78, 5) is 17.4. The van der Waals surface area contributed by atoms with E-state index in [1.807, 2.05) is 30.5 Å². The van der Waals surface area contributed by atoms with Crippen LogP contribution < -0.4 is 5.43 Å². The predicted molar refractivity (Wildman–Crippen MR) is 117 cm³/mol. The number of hydrazone groups is 1. The van der Waals surface area contributed by atoms with Crippen LogP contribution in [0.1, 0.15) is 59.2 Å². The number of aryl methyl sites for hydroxylation is 1. The summed E-state index contributed by atoms with van der Waals surface area (Å²) in [6.07, 6.45) is 4.94. The fourth-order valence-corrected chi connectivity index (χ4v) is 5.28. The summed E-state index contributed by atoms with van der Waals surface area (Å²) in [7, 11) is 0. The summed E-state index contributed by atoms with van der Waals surface area (Å²) < 4.78 is 0. The third kappa shape index (κ3) is 3.51. The smallest absolute Gasteiger partial charge is 0.272 e. The maximum atomic E-state index is 12.7. The molecule has 2 N–H and O–H groups in total. The van der Waals surface area contributed by atoms with Crippen molar-refractivity contribution in [2.45, 2.75) is 47.0 Å². The van der Waals surface area contributed by atoms with Crippen molar-refractivity contribution in [3.05, 3.63) is 56.9 Å². The Labute approximate surface area is 170 Å². The Bertz CT molecular complexity index is 1050. The van der Waals surface area contributed by atoms with E-state index in [1.54, 1.807) is 17.6 Å². The molecule has 0 aliphatic heterocycles. The van der Waals surface area contributed by atoms with Crippen LogP contribution >= 0.6 is 11.3 Å². The lowest BCUT2D eigenvalue weighted by Crippen LogP contribution is -2.27. The molecule has 0 bridgehead atoms. The highest BCUT2D eigenvalue weighted by Crippen LogP contribution is 2.40. The van der Waals surface area contributed by atoms with Crippen LogP contribution in [0.4, 0.5) is 0 Å². The van der Waals surface area contributed by atoms with Gasteiger partial charge in [-0.2, -0.15) is 5.10 Å². The van der Waals surface area contributed by atoms with E-state index in [1.165, 1.54) is 10.4 Å². The molecule has 0 saturated heterocycles. The van der Waals surface area contributed by atoms with Gasteiger partial charge in [0.05, 0.1) is 11.8 Å². The van der Waals surface area contributed by atoms with Gasteiger partial charge in [-0.15, -0.1) is 11.3 Å². The average Bonchev–Trinajstić information content (AvgIpc) is 3.21. The van der Waals surface area contributed by atoms with Gasteiger partial charge >= 0.3 is 0 Å². The zero-order valence-electron chi connectivity index (χ0n) is 16.9. The van der Waals surface area contributed by atoms with Crippen LogP contribution in [0.25, 0.3) is 10.9 Å². The maximum absolute atomic E-state index is 12.7. The lowest BCUT2D eigenvalue weighted by atomic mass is 9.72. The van der Waals surface area contributed by atoms with Gasteiger partial charge in [0.15, 0.2) is 0 Å². The molecule has 1 atom stereocenters. The van der Waals surface area contributed by atoms with Crippen molar-refractivity contribution >= 4 is 34.4 Å². The van der Waals surface area contributed by atoms with E-state index < -0.39 is 0 Å². The van der Waals surface area contributed by atoms with E-state index in [-0.39, 0.29) is 5.91 Å². The number of aromatic amines is 1. The maximum Gasteiger partial charge on any atom is 0.272 e. The number of amides is 1. The van der Waals surface area contributed by atoms with Gasteiger partial charge in [-0.1, -0.05) is 39.0 Å². The molecule has 5 heteroatoms. The molecule has 0 unspecified atom stereocenters. The quantitative estimate of drug-likeness (QED) is 0.451. The molecule has 3 aromatic rings. The molecular formula is C23H27N3OS. The standard InChI is InChI=1S/C23H27N3OS/c1-14-18(16-7-5-6-8-20(16)25-14)12-24-26-22(27)19-13-28-21-11-15(23(2,3)4)9-10-17(19)21/h5-8,12-13,15,25H,9-11H2,1-4H3,(H,26,27)/b24-12+/t15-/m1/s1. The minimum atomic E-state index is -0.111. The van der Waals surface area contributed by atoms with E-state index in [9.17, 15) is 4.79 Å². The molecule has 0 saturated carbocycles. The Morgan fingerprint density at radius 1 is 1.32 bits per heavy atom. The minimum Gasteiger partial charge on any atom is -0.358 e. The van der Waals surface area contributed by atoms with E-state index >= 15 is 0 Å². The molecule has 1 aliphatic carbocycles. The van der Waals surface area contributed by atoms with Crippen molar-refractivity contribution in [1.82, 2.24) is 10.4 Å². The summed E-state index contributed by atoms with van der Waals surface area (Å²) in [5, 5.41) is 7.35. The highest BCUT2D eigenvalue weighted by atomic mass is 32.1. The van der Waals surface area contributed by atoms with Crippen LogP contribution in [-0.4, -0.2) is 17.1 Å². The normalized spacial score (nSPS) is 17.2. The first-order valence-corrected chi connectivity index (χ1v) is 10.7. The summed E-state index contributed by atoms with van der Waals surface area (Å²) in [5.74, 6) is 0.567. The van der Waals surface area contributed by atoms with E-state index in [4.69, 9.17) is 0 Å². The zero-order valence-corrected chi connectivity index (χ0v) is 17.7. The Balaban J connectivity index is 1.49. The van der Waals surface area contributed by atoms with E-state index in [0.717, 1.165) is 47.0 Å². The number of nitrogens with zero attached hydrogens (tertiary/aromatic N) is 1.